The third-order valence-electron chi connectivity index (χ3n) is 7.72. The standard InChI is InChI=1S/6C8H8O2.Ce.La/c6*1-6-2-4-7(5-3-6)8(9)10;;/h6*2-5H,1H3,(H,9,10);;/q;;;;;;2*+3/p-6. The molecule has 0 aliphatic rings. The molecule has 12 nitrogen and oxygen atoms in total. The van der Waals surface area contributed by atoms with E-state index in [1.165, 1.54) is 72.8 Å². The number of carbonyl (C=O) groups is 6. The van der Waals surface area contributed by atoms with E-state index in [1.807, 2.05) is 41.5 Å². The summed E-state index contributed by atoms with van der Waals surface area (Å²) in [6.45, 7) is 11.4. The molecule has 0 aliphatic carbocycles. The summed E-state index contributed by atoms with van der Waals surface area (Å²) in [6, 6.07) is 39.3. The first kappa shape index (κ1) is 58.8. The topological polar surface area (TPSA) is 241 Å². The van der Waals surface area contributed by atoms with E-state index in [2.05, 4.69) is 0 Å². The molecule has 0 aliphatic heterocycles. The molecule has 0 saturated heterocycles. The number of aryl methyl sites for hydroxylation is 6. The van der Waals surface area contributed by atoms with Gasteiger partial charge in [0.05, 0.1) is 35.8 Å². The van der Waals surface area contributed by atoms with E-state index in [1.54, 1.807) is 72.8 Å². The van der Waals surface area contributed by atoms with Crippen LogP contribution in [0.1, 0.15) is 95.5 Å². The number of carbonyl (C=O) groups excluding carboxylic acids is 6. The molecule has 0 bridgehead atoms. The van der Waals surface area contributed by atoms with E-state index in [9.17, 15) is 59.4 Å². The molecule has 313 valence electrons. The molecule has 6 aromatic rings. The van der Waals surface area contributed by atoms with Crippen LogP contribution in [0.25, 0.3) is 0 Å². The normalized spacial score (nSPS) is 9.00. The van der Waals surface area contributed by atoms with E-state index in [4.69, 9.17) is 0 Å². The average Bonchev–Trinajstić information content (AvgIpc) is 3.20. The van der Waals surface area contributed by atoms with Crippen molar-refractivity contribution in [1.82, 2.24) is 0 Å². The van der Waals surface area contributed by atoms with Crippen LogP contribution in [0.4, 0.5) is 0 Å². The first-order valence-corrected chi connectivity index (χ1v) is 17.9. The smallest absolute Gasteiger partial charge is 0.545 e. The van der Waals surface area contributed by atoms with Crippen LogP contribution in [0.5, 0.6) is 0 Å². The van der Waals surface area contributed by atoms with Crippen LogP contribution in [0, 0.1) is 119 Å². The zero-order valence-electron chi connectivity index (χ0n) is 34.8. The summed E-state index contributed by atoms with van der Waals surface area (Å²) in [5, 5.41) is 61.2. The number of aromatic carboxylic acids is 6. The van der Waals surface area contributed by atoms with Gasteiger partial charge in [0.15, 0.2) is 0 Å². The van der Waals surface area contributed by atoms with Gasteiger partial charge in [0, 0.05) is 0 Å². The molecule has 62 heavy (non-hydrogen) atoms. The van der Waals surface area contributed by atoms with Crippen molar-refractivity contribution in [3.63, 3.8) is 0 Å². The molecular formula is C48H42CeLaO12. The fraction of sp³-hybridized carbons (Fsp3) is 0.125. The first-order chi connectivity index (χ1) is 28.2. The van der Waals surface area contributed by atoms with Crippen molar-refractivity contribution in [2.75, 3.05) is 0 Å². The van der Waals surface area contributed by atoms with Crippen LogP contribution in [0.3, 0.4) is 0 Å². The third-order valence-corrected chi connectivity index (χ3v) is 7.72. The Hall–Kier alpha value is -5.29. The van der Waals surface area contributed by atoms with E-state index in [-0.39, 0.29) is 111 Å². The number of carboxylic acids is 6. The Labute approximate surface area is 422 Å². The zero-order valence-corrected chi connectivity index (χ0v) is 41.6. The fourth-order valence-electron chi connectivity index (χ4n) is 4.14. The van der Waals surface area contributed by atoms with E-state index in [0.29, 0.717) is 0 Å². The Morgan fingerprint density at radius 2 is 0.323 bits per heavy atom. The third kappa shape index (κ3) is 25.5. The van der Waals surface area contributed by atoms with Gasteiger partial charge < -0.3 is 59.4 Å². The van der Waals surface area contributed by atoms with Crippen molar-refractivity contribution in [2.24, 2.45) is 0 Å². The molecule has 0 unspecified atom stereocenters. The maximum Gasteiger partial charge on any atom is 3.00 e. The summed E-state index contributed by atoms with van der Waals surface area (Å²) in [4.78, 5) is 61.2. The summed E-state index contributed by atoms with van der Waals surface area (Å²) in [6.07, 6.45) is 0. The minimum atomic E-state index is -1.12. The molecule has 0 fully saturated rings. The minimum absolute atomic E-state index is 0. The van der Waals surface area contributed by atoms with Gasteiger partial charge in [-0.1, -0.05) is 179 Å². The monoisotopic (exact) mass is 1090 g/mol. The van der Waals surface area contributed by atoms with E-state index >= 15 is 0 Å². The number of benzene rings is 6. The molecule has 0 N–H and O–H groups in total. The average molecular weight is 1090 g/mol. The molecule has 14 heteroatoms. The van der Waals surface area contributed by atoms with Crippen LogP contribution in [0.2, 0.25) is 0 Å². The van der Waals surface area contributed by atoms with Crippen LogP contribution in [0.15, 0.2) is 146 Å². The summed E-state index contributed by atoms with van der Waals surface area (Å²) in [5.74, 6) is -6.75. The van der Waals surface area contributed by atoms with Crippen molar-refractivity contribution in [3.8, 4) is 0 Å². The number of hydrogen-bond donors (Lipinski definition) is 0. The van der Waals surface area contributed by atoms with Gasteiger partial charge in [0.2, 0.25) is 0 Å². The zero-order chi connectivity index (χ0) is 45.4. The van der Waals surface area contributed by atoms with Gasteiger partial charge in [-0.05, 0) is 74.9 Å². The van der Waals surface area contributed by atoms with E-state index < -0.39 is 35.8 Å². The van der Waals surface area contributed by atoms with Crippen molar-refractivity contribution >= 4 is 35.8 Å². The molecule has 0 spiro atoms. The van der Waals surface area contributed by atoms with Crippen molar-refractivity contribution in [2.45, 2.75) is 41.5 Å². The first-order valence-electron chi connectivity index (χ1n) is 17.9. The van der Waals surface area contributed by atoms with Gasteiger partial charge in [-0.3, -0.25) is 0 Å². The Balaban J connectivity index is 0. The summed E-state index contributed by atoms with van der Waals surface area (Å²) >= 11 is 0. The number of hydrogen-bond acceptors (Lipinski definition) is 12. The molecule has 0 saturated carbocycles. The van der Waals surface area contributed by atoms with Crippen molar-refractivity contribution in [3.05, 3.63) is 212 Å². The Kier molecular flexibility index (Phi) is 29.9. The van der Waals surface area contributed by atoms with Gasteiger partial charge in [0.25, 0.3) is 0 Å². The van der Waals surface area contributed by atoms with Crippen LogP contribution in [-0.4, -0.2) is 35.8 Å². The van der Waals surface area contributed by atoms with Gasteiger partial charge >= 0.3 is 77.3 Å². The van der Waals surface area contributed by atoms with Gasteiger partial charge in [-0.25, -0.2) is 0 Å². The van der Waals surface area contributed by atoms with Crippen molar-refractivity contribution in [1.29, 1.82) is 0 Å². The van der Waals surface area contributed by atoms with Crippen molar-refractivity contribution < 1.29 is 137 Å². The predicted molar refractivity (Wildman–Crippen MR) is 213 cm³/mol. The quantitative estimate of drug-likeness (QED) is 0.233. The molecular weight excluding hydrogens is 1050 g/mol. The van der Waals surface area contributed by atoms with Gasteiger partial charge in [0.1, 0.15) is 0 Å². The van der Waals surface area contributed by atoms with Crippen LogP contribution < -0.4 is 30.6 Å². The van der Waals surface area contributed by atoms with Crippen LogP contribution >= 0.6 is 0 Å². The Bertz CT molecular complexity index is 1860. The second-order valence-electron chi connectivity index (χ2n) is 12.9. The molecule has 0 amide bonds. The van der Waals surface area contributed by atoms with Gasteiger partial charge in [-0.2, -0.15) is 0 Å². The molecule has 1 radical (unpaired) electrons. The minimum Gasteiger partial charge on any atom is -0.545 e. The molecule has 0 atom stereocenters. The molecule has 0 aromatic heterocycles. The SMILES string of the molecule is Cc1ccc(C(=O)[O-])cc1.Cc1ccc(C(=O)[O-])cc1.Cc1ccc(C(=O)[O-])cc1.Cc1ccc(C(=O)[O-])cc1.Cc1ccc(C(=O)[O-])cc1.Cc1ccc(C(=O)[O-])cc1.[Ce+3].[La+3]. The Morgan fingerprint density at radius 3 is 0.387 bits per heavy atom. The van der Waals surface area contributed by atoms with E-state index in [0.717, 1.165) is 33.4 Å². The molecule has 0 heterocycles. The second kappa shape index (κ2) is 31.5. The number of rotatable bonds is 6. The maximum absolute atomic E-state index is 10.2. The fourth-order valence-corrected chi connectivity index (χ4v) is 4.14. The van der Waals surface area contributed by atoms with Gasteiger partial charge in [-0.15, -0.1) is 0 Å². The molecule has 6 rings (SSSR count). The number of carboxylic acid groups (broad SMARTS) is 6. The largest absolute Gasteiger partial charge is 3.00 e. The molecule has 6 aromatic carbocycles. The van der Waals surface area contributed by atoms with Crippen LogP contribution in [-0.2, 0) is 0 Å². The maximum atomic E-state index is 10.2. The summed E-state index contributed by atoms with van der Waals surface area (Å²) < 4.78 is 0. The summed E-state index contributed by atoms with van der Waals surface area (Å²) in [7, 11) is 0. The second-order valence-corrected chi connectivity index (χ2v) is 12.9. The Morgan fingerprint density at radius 1 is 0.242 bits per heavy atom. The predicted octanol–water partition coefficient (Wildman–Crippen LogP) is 2.15. The summed E-state index contributed by atoms with van der Waals surface area (Å²) in [5.41, 5.74) is 7.64.